The highest BCUT2D eigenvalue weighted by Gasteiger charge is 2.33. The molecule has 0 aliphatic heterocycles. The molecule has 2 heteroatoms. The van der Waals surface area contributed by atoms with Gasteiger partial charge in [-0.15, -0.1) is 11.8 Å². The highest BCUT2D eigenvalue weighted by Crippen LogP contribution is 2.41. The molecule has 1 atom stereocenters. The third-order valence-corrected chi connectivity index (χ3v) is 5.13. The molecule has 0 bridgehead atoms. The second-order valence-corrected chi connectivity index (χ2v) is 7.91. The predicted molar refractivity (Wildman–Crippen MR) is 86.2 cm³/mol. The monoisotopic (exact) mass is 284 g/mol. The lowest BCUT2D eigenvalue weighted by Crippen LogP contribution is -2.30. The molecule has 0 heterocycles. The average Bonchev–Trinajstić information content (AvgIpc) is 2.36. The fraction of sp³-hybridized carbons (Fsp3) is 0.389. The van der Waals surface area contributed by atoms with E-state index in [4.69, 9.17) is 0 Å². The van der Waals surface area contributed by atoms with Gasteiger partial charge in [0.1, 0.15) is 5.78 Å². The second kappa shape index (κ2) is 5.25. The summed E-state index contributed by atoms with van der Waals surface area (Å²) in [5.74, 6) is 0.416. The number of rotatable bonds is 2. The quantitative estimate of drug-likeness (QED) is 0.765. The third-order valence-electron chi connectivity index (χ3n) is 3.94. The molecule has 3 rings (SSSR count). The van der Waals surface area contributed by atoms with Crippen LogP contribution in [-0.2, 0) is 4.79 Å². The number of hydrogen-bond acceptors (Lipinski definition) is 2. The van der Waals surface area contributed by atoms with Gasteiger partial charge < -0.3 is 0 Å². The maximum atomic E-state index is 11.9. The minimum Gasteiger partial charge on any atom is -0.300 e. The number of carbonyl (C=O) groups excluding carboxylic acids is 1. The normalized spacial score (nSPS) is 22.1. The number of thioether (sulfide) groups is 1. The first-order valence-electron chi connectivity index (χ1n) is 7.19. The fourth-order valence-corrected chi connectivity index (χ4v) is 4.67. The lowest BCUT2D eigenvalue weighted by molar-refractivity contribution is -0.122. The molecule has 0 saturated heterocycles. The first-order valence-corrected chi connectivity index (χ1v) is 8.07. The summed E-state index contributed by atoms with van der Waals surface area (Å²) in [4.78, 5) is 13.2. The van der Waals surface area contributed by atoms with Crippen LogP contribution >= 0.6 is 11.8 Å². The zero-order valence-electron chi connectivity index (χ0n) is 12.1. The standard InChI is InChI=1S/C18H20OS/c1-18(2)11-15(19)10-17(12-18)20-16-8-7-13-5-3-4-6-14(13)9-16/h3-9,17H,10-12H2,1-2H3/t17-/m0/s1. The van der Waals surface area contributed by atoms with Gasteiger partial charge in [-0.25, -0.2) is 0 Å². The molecular formula is C18H20OS. The van der Waals surface area contributed by atoms with Crippen molar-refractivity contribution in [3.63, 3.8) is 0 Å². The molecular weight excluding hydrogens is 264 g/mol. The Kier molecular flexibility index (Phi) is 3.59. The Bertz CT molecular complexity index is 645. The van der Waals surface area contributed by atoms with Crippen molar-refractivity contribution in [3.05, 3.63) is 42.5 Å². The molecule has 1 fully saturated rings. The number of Topliss-reactive ketones (excluding diaryl/α,β-unsaturated/α-hetero) is 1. The van der Waals surface area contributed by atoms with Crippen LogP contribution in [0.15, 0.2) is 47.4 Å². The van der Waals surface area contributed by atoms with E-state index in [9.17, 15) is 4.79 Å². The molecule has 0 unspecified atom stereocenters. The van der Waals surface area contributed by atoms with Gasteiger partial charge in [0.2, 0.25) is 0 Å². The Hall–Kier alpha value is -1.28. The van der Waals surface area contributed by atoms with Gasteiger partial charge >= 0.3 is 0 Å². The van der Waals surface area contributed by atoms with Crippen LogP contribution in [0, 0.1) is 5.41 Å². The lowest BCUT2D eigenvalue weighted by atomic mass is 9.77. The van der Waals surface area contributed by atoms with E-state index in [1.807, 2.05) is 11.8 Å². The summed E-state index contributed by atoms with van der Waals surface area (Å²) in [7, 11) is 0. The van der Waals surface area contributed by atoms with E-state index >= 15 is 0 Å². The van der Waals surface area contributed by atoms with Crippen molar-refractivity contribution in [2.24, 2.45) is 5.41 Å². The summed E-state index contributed by atoms with van der Waals surface area (Å²) in [6, 6.07) is 15.0. The summed E-state index contributed by atoms with van der Waals surface area (Å²) in [5, 5.41) is 2.98. The molecule has 1 aliphatic carbocycles. The van der Waals surface area contributed by atoms with Crippen LogP contribution in [0.4, 0.5) is 0 Å². The van der Waals surface area contributed by atoms with E-state index in [0.717, 1.165) is 19.3 Å². The van der Waals surface area contributed by atoms with Crippen molar-refractivity contribution < 1.29 is 4.79 Å². The van der Waals surface area contributed by atoms with Crippen LogP contribution in [0.2, 0.25) is 0 Å². The van der Waals surface area contributed by atoms with Crippen LogP contribution < -0.4 is 0 Å². The molecule has 1 saturated carbocycles. The number of fused-ring (bicyclic) bond motifs is 1. The van der Waals surface area contributed by atoms with Crippen LogP contribution in [0.1, 0.15) is 33.1 Å². The number of ketones is 1. The molecule has 0 radical (unpaired) electrons. The molecule has 20 heavy (non-hydrogen) atoms. The van der Waals surface area contributed by atoms with Crippen molar-refractivity contribution in [2.75, 3.05) is 0 Å². The summed E-state index contributed by atoms with van der Waals surface area (Å²) >= 11 is 1.86. The topological polar surface area (TPSA) is 17.1 Å². The third kappa shape index (κ3) is 3.06. The molecule has 2 aromatic carbocycles. The van der Waals surface area contributed by atoms with Gasteiger partial charge in [0.25, 0.3) is 0 Å². The number of carbonyl (C=O) groups is 1. The van der Waals surface area contributed by atoms with Crippen molar-refractivity contribution in [1.82, 2.24) is 0 Å². The van der Waals surface area contributed by atoms with Crippen LogP contribution in [-0.4, -0.2) is 11.0 Å². The van der Waals surface area contributed by atoms with E-state index < -0.39 is 0 Å². The van der Waals surface area contributed by atoms with Gasteiger partial charge in [0.15, 0.2) is 0 Å². The minimum atomic E-state index is 0.157. The molecule has 2 aromatic rings. The van der Waals surface area contributed by atoms with Gasteiger partial charge in [0, 0.05) is 23.0 Å². The zero-order chi connectivity index (χ0) is 14.2. The predicted octanol–water partition coefficient (Wildman–Crippen LogP) is 5.08. The number of hydrogen-bond donors (Lipinski definition) is 0. The Balaban J connectivity index is 1.80. The maximum Gasteiger partial charge on any atom is 0.134 e. The SMILES string of the molecule is CC1(C)CC(=O)C[C@H](Sc2ccc3ccccc3c2)C1. The summed E-state index contributed by atoms with van der Waals surface area (Å²) in [6.45, 7) is 4.41. The van der Waals surface area contributed by atoms with E-state index in [-0.39, 0.29) is 5.41 Å². The molecule has 1 aliphatic rings. The Morgan fingerprint density at radius 2 is 1.85 bits per heavy atom. The minimum absolute atomic E-state index is 0.157. The largest absolute Gasteiger partial charge is 0.300 e. The average molecular weight is 284 g/mol. The van der Waals surface area contributed by atoms with Crippen molar-refractivity contribution >= 4 is 28.3 Å². The van der Waals surface area contributed by atoms with Crippen LogP contribution in [0.5, 0.6) is 0 Å². The van der Waals surface area contributed by atoms with Gasteiger partial charge in [-0.3, -0.25) is 4.79 Å². The molecule has 0 amide bonds. The van der Waals surface area contributed by atoms with Gasteiger partial charge in [-0.2, -0.15) is 0 Å². The van der Waals surface area contributed by atoms with Gasteiger partial charge in [0.05, 0.1) is 0 Å². The van der Waals surface area contributed by atoms with Crippen molar-refractivity contribution in [2.45, 2.75) is 43.3 Å². The first kappa shape index (κ1) is 13.7. The van der Waals surface area contributed by atoms with Crippen molar-refractivity contribution in [3.8, 4) is 0 Å². The van der Waals surface area contributed by atoms with E-state index in [2.05, 4.69) is 56.3 Å². The molecule has 0 spiro atoms. The Labute approximate surface area is 124 Å². The summed E-state index contributed by atoms with van der Waals surface area (Å²) in [5.41, 5.74) is 0.157. The second-order valence-electron chi connectivity index (χ2n) is 6.54. The fourth-order valence-electron chi connectivity index (χ4n) is 3.14. The number of benzene rings is 2. The summed E-state index contributed by atoms with van der Waals surface area (Å²) < 4.78 is 0. The van der Waals surface area contributed by atoms with Gasteiger partial charge in [-0.05, 0) is 34.7 Å². The first-order chi connectivity index (χ1) is 9.52. The Morgan fingerprint density at radius 1 is 1.10 bits per heavy atom. The van der Waals surface area contributed by atoms with Gasteiger partial charge in [-0.1, -0.05) is 44.2 Å². The Morgan fingerprint density at radius 3 is 2.60 bits per heavy atom. The zero-order valence-corrected chi connectivity index (χ0v) is 12.9. The van der Waals surface area contributed by atoms with E-state index in [1.54, 1.807) is 0 Å². The van der Waals surface area contributed by atoms with E-state index in [1.165, 1.54) is 15.7 Å². The highest BCUT2D eigenvalue weighted by atomic mass is 32.2. The van der Waals surface area contributed by atoms with Crippen LogP contribution in [0.3, 0.4) is 0 Å². The lowest BCUT2D eigenvalue weighted by Gasteiger charge is -2.33. The maximum absolute atomic E-state index is 11.9. The van der Waals surface area contributed by atoms with Crippen molar-refractivity contribution in [1.29, 1.82) is 0 Å². The van der Waals surface area contributed by atoms with Crippen LogP contribution in [0.25, 0.3) is 10.8 Å². The molecule has 1 nitrogen and oxygen atoms in total. The highest BCUT2D eigenvalue weighted by molar-refractivity contribution is 8.00. The molecule has 104 valence electrons. The summed E-state index contributed by atoms with van der Waals surface area (Å²) in [6.07, 6.45) is 2.58. The molecule has 0 aromatic heterocycles. The molecule has 0 N–H and O–H groups in total. The smallest absolute Gasteiger partial charge is 0.134 e. The van der Waals surface area contributed by atoms with E-state index in [0.29, 0.717) is 11.0 Å².